The molecular weight excluding hydrogens is 336 g/mol. The third-order valence-electron chi connectivity index (χ3n) is 4.02. The molecule has 7 heteroatoms. The first-order valence-electron chi connectivity index (χ1n) is 8.04. The van der Waals surface area contributed by atoms with Crippen molar-refractivity contribution in [2.45, 2.75) is 32.3 Å². The minimum Gasteiger partial charge on any atom is -0.452 e. The van der Waals surface area contributed by atoms with Crippen LogP contribution in [0.5, 0.6) is 0 Å². The number of benzene rings is 2. The van der Waals surface area contributed by atoms with Gasteiger partial charge >= 0.3 is 5.97 Å². The van der Waals surface area contributed by atoms with Gasteiger partial charge in [-0.1, -0.05) is 42.5 Å². The smallest absolute Gasteiger partial charge is 0.316 e. The molecule has 0 fully saturated rings. The summed E-state index contributed by atoms with van der Waals surface area (Å²) < 4.78 is 5.28. The lowest BCUT2D eigenvalue weighted by molar-refractivity contribution is -0.383. The summed E-state index contributed by atoms with van der Waals surface area (Å²) in [5, 5.41) is 13.4. The van der Waals surface area contributed by atoms with Crippen LogP contribution in [0.25, 0.3) is 0 Å². The molecule has 0 aromatic heterocycles. The van der Waals surface area contributed by atoms with Gasteiger partial charge in [0.1, 0.15) is 5.69 Å². The van der Waals surface area contributed by atoms with E-state index < -0.39 is 28.3 Å². The van der Waals surface area contributed by atoms with E-state index in [0.717, 1.165) is 5.56 Å². The van der Waals surface area contributed by atoms with Crippen LogP contribution in [-0.2, 0) is 19.7 Å². The zero-order valence-electron chi connectivity index (χ0n) is 14.8. The second-order valence-electron chi connectivity index (χ2n) is 6.30. The van der Waals surface area contributed by atoms with Crippen LogP contribution >= 0.6 is 0 Å². The van der Waals surface area contributed by atoms with Crippen LogP contribution < -0.4 is 5.32 Å². The summed E-state index contributed by atoms with van der Waals surface area (Å²) in [6.45, 7) is 4.83. The predicted molar refractivity (Wildman–Crippen MR) is 96.7 cm³/mol. The fourth-order valence-corrected chi connectivity index (χ4v) is 2.31. The van der Waals surface area contributed by atoms with Crippen LogP contribution in [0.15, 0.2) is 54.6 Å². The first-order chi connectivity index (χ1) is 12.2. The number of nitrogens with zero attached hydrogens (tertiary/aromatic N) is 1. The van der Waals surface area contributed by atoms with Crippen molar-refractivity contribution in [2.75, 3.05) is 5.32 Å². The Morgan fingerprint density at radius 1 is 1.08 bits per heavy atom. The number of carbonyl (C=O) groups excluding carboxylic acids is 2. The molecule has 2 aromatic carbocycles. The van der Waals surface area contributed by atoms with Crippen molar-refractivity contribution in [3.05, 3.63) is 70.3 Å². The van der Waals surface area contributed by atoms with Gasteiger partial charge in [0.05, 0.1) is 10.3 Å². The van der Waals surface area contributed by atoms with E-state index in [1.54, 1.807) is 32.0 Å². The second kappa shape index (κ2) is 7.77. The molecule has 1 atom stereocenters. The summed E-state index contributed by atoms with van der Waals surface area (Å²) in [4.78, 5) is 35.2. The van der Waals surface area contributed by atoms with Crippen LogP contribution in [0, 0.1) is 10.1 Å². The van der Waals surface area contributed by atoms with Crippen molar-refractivity contribution in [1.29, 1.82) is 0 Å². The van der Waals surface area contributed by atoms with Gasteiger partial charge in [0.15, 0.2) is 6.10 Å². The lowest BCUT2D eigenvalue weighted by Gasteiger charge is -2.25. The maximum absolute atomic E-state index is 12.5. The SMILES string of the molecule is C[C@@H](OC(=O)C(C)(C)c1ccccc1)C(=O)Nc1ccccc1[N+](=O)[O-]. The summed E-state index contributed by atoms with van der Waals surface area (Å²) in [6, 6.07) is 14.8. The number of hydrogen-bond donors (Lipinski definition) is 1. The van der Waals surface area contributed by atoms with Gasteiger partial charge < -0.3 is 10.1 Å². The zero-order valence-corrected chi connectivity index (χ0v) is 14.8. The molecule has 136 valence electrons. The number of nitrogens with one attached hydrogen (secondary N) is 1. The molecule has 0 aliphatic rings. The monoisotopic (exact) mass is 356 g/mol. The van der Waals surface area contributed by atoms with Crippen LogP contribution in [0.2, 0.25) is 0 Å². The first-order valence-corrected chi connectivity index (χ1v) is 8.04. The maximum atomic E-state index is 12.5. The number of hydrogen-bond acceptors (Lipinski definition) is 5. The molecular formula is C19H20N2O5. The van der Waals surface area contributed by atoms with E-state index >= 15 is 0 Å². The Labute approximate surface area is 151 Å². The quantitative estimate of drug-likeness (QED) is 0.486. The molecule has 0 bridgehead atoms. The Morgan fingerprint density at radius 3 is 2.27 bits per heavy atom. The van der Waals surface area contributed by atoms with E-state index in [4.69, 9.17) is 4.74 Å². The molecule has 0 spiro atoms. The lowest BCUT2D eigenvalue weighted by atomic mass is 9.85. The highest BCUT2D eigenvalue weighted by Gasteiger charge is 2.34. The highest BCUT2D eigenvalue weighted by atomic mass is 16.6. The topological polar surface area (TPSA) is 98.5 Å². The average molecular weight is 356 g/mol. The largest absolute Gasteiger partial charge is 0.452 e. The second-order valence-corrected chi connectivity index (χ2v) is 6.30. The van der Waals surface area contributed by atoms with Crippen molar-refractivity contribution in [3.8, 4) is 0 Å². The van der Waals surface area contributed by atoms with Crippen molar-refractivity contribution < 1.29 is 19.2 Å². The van der Waals surface area contributed by atoms with Crippen molar-refractivity contribution in [1.82, 2.24) is 0 Å². The number of esters is 1. The minimum absolute atomic E-state index is 0.0488. The molecule has 0 aliphatic carbocycles. The van der Waals surface area contributed by atoms with E-state index in [1.807, 2.05) is 18.2 Å². The highest BCUT2D eigenvalue weighted by molar-refractivity contribution is 5.97. The van der Waals surface area contributed by atoms with E-state index in [-0.39, 0.29) is 11.4 Å². The third-order valence-corrected chi connectivity index (χ3v) is 4.02. The predicted octanol–water partition coefficient (Wildman–Crippen LogP) is 3.44. The van der Waals surface area contributed by atoms with Gasteiger partial charge in [0.2, 0.25) is 0 Å². The minimum atomic E-state index is -1.11. The van der Waals surface area contributed by atoms with Gasteiger partial charge in [0.25, 0.3) is 11.6 Å². The molecule has 1 N–H and O–H groups in total. The van der Waals surface area contributed by atoms with Gasteiger partial charge in [-0.2, -0.15) is 0 Å². The Kier molecular flexibility index (Phi) is 5.71. The molecule has 2 rings (SSSR count). The Balaban J connectivity index is 2.08. The molecule has 0 unspecified atom stereocenters. The summed E-state index contributed by atoms with van der Waals surface area (Å²) >= 11 is 0. The van der Waals surface area contributed by atoms with Crippen molar-refractivity contribution in [2.24, 2.45) is 0 Å². The first kappa shape index (κ1) is 19.1. The van der Waals surface area contributed by atoms with E-state index in [1.165, 1.54) is 25.1 Å². The number of nitro groups is 1. The van der Waals surface area contributed by atoms with E-state index in [0.29, 0.717) is 0 Å². The average Bonchev–Trinajstić information content (AvgIpc) is 2.62. The van der Waals surface area contributed by atoms with Gasteiger partial charge in [-0.3, -0.25) is 19.7 Å². The fourth-order valence-electron chi connectivity index (χ4n) is 2.31. The third kappa shape index (κ3) is 4.24. The Bertz CT molecular complexity index is 818. The number of nitro benzene ring substituents is 1. The normalized spacial score (nSPS) is 12.1. The fraction of sp³-hybridized carbons (Fsp3) is 0.263. The van der Waals surface area contributed by atoms with Crippen LogP contribution in [0.4, 0.5) is 11.4 Å². The molecule has 0 aliphatic heterocycles. The maximum Gasteiger partial charge on any atom is 0.316 e. The van der Waals surface area contributed by atoms with Crippen molar-refractivity contribution >= 4 is 23.3 Å². The van der Waals surface area contributed by atoms with Gasteiger partial charge in [-0.05, 0) is 32.4 Å². The molecule has 2 aromatic rings. The summed E-state index contributed by atoms with van der Waals surface area (Å²) in [6.07, 6.45) is -1.11. The molecule has 0 saturated carbocycles. The Hall–Kier alpha value is -3.22. The standard InChI is InChI=1S/C19H20N2O5/c1-13(17(22)20-15-11-7-8-12-16(15)21(24)25)26-18(23)19(2,3)14-9-5-4-6-10-14/h4-13H,1-3H3,(H,20,22)/t13-/m1/s1. The lowest BCUT2D eigenvalue weighted by Crippen LogP contribution is -2.37. The zero-order chi connectivity index (χ0) is 19.3. The van der Waals surface area contributed by atoms with Crippen LogP contribution in [-0.4, -0.2) is 22.9 Å². The molecule has 26 heavy (non-hydrogen) atoms. The molecule has 1 amide bonds. The summed E-state index contributed by atoms with van der Waals surface area (Å²) in [7, 11) is 0. The van der Waals surface area contributed by atoms with Gasteiger partial charge in [0, 0.05) is 6.07 Å². The number of ether oxygens (including phenoxy) is 1. The number of anilines is 1. The molecule has 0 saturated heterocycles. The number of amides is 1. The Morgan fingerprint density at radius 2 is 1.65 bits per heavy atom. The van der Waals surface area contributed by atoms with Gasteiger partial charge in [-0.25, -0.2) is 0 Å². The number of rotatable bonds is 6. The van der Waals surface area contributed by atoms with Crippen molar-refractivity contribution in [3.63, 3.8) is 0 Å². The summed E-state index contributed by atoms with van der Waals surface area (Å²) in [5.41, 5.74) is -0.359. The number of carbonyl (C=O) groups is 2. The van der Waals surface area contributed by atoms with Gasteiger partial charge in [-0.15, -0.1) is 0 Å². The van der Waals surface area contributed by atoms with E-state index in [2.05, 4.69) is 5.32 Å². The van der Waals surface area contributed by atoms with Crippen LogP contribution in [0.3, 0.4) is 0 Å². The van der Waals surface area contributed by atoms with E-state index in [9.17, 15) is 19.7 Å². The number of para-hydroxylation sites is 2. The molecule has 0 radical (unpaired) electrons. The summed E-state index contributed by atoms with van der Waals surface area (Å²) in [5.74, 6) is -1.20. The molecule has 7 nitrogen and oxygen atoms in total. The van der Waals surface area contributed by atoms with Crippen LogP contribution in [0.1, 0.15) is 26.3 Å². The highest BCUT2D eigenvalue weighted by Crippen LogP contribution is 2.26. The molecule has 0 heterocycles.